The molecule has 1 rings (SSSR count). The number of hydrogen-bond acceptors (Lipinski definition) is 2. The van der Waals surface area contributed by atoms with E-state index in [4.69, 9.17) is 5.84 Å². The number of nitrogens with two attached hydrogens (primary N) is 1. The molecule has 0 unspecified atom stereocenters. The Labute approximate surface area is 75.1 Å². The molecule has 60 valence electrons. The molecule has 0 radical (unpaired) electrons. The van der Waals surface area contributed by atoms with Crippen LogP contribution in [0, 0.1) is 6.92 Å². The fourth-order valence-corrected chi connectivity index (χ4v) is 1.49. The highest BCUT2D eigenvalue weighted by molar-refractivity contribution is 9.10. The second-order valence-electron chi connectivity index (χ2n) is 2.54. The monoisotopic (exact) mass is 214 g/mol. The molecule has 0 heterocycles. The van der Waals surface area contributed by atoms with Crippen LogP contribution in [0.3, 0.4) is 0 Å². The number of halogens is 1. The molecule has 1 aromatic rings. The van der Waals surface area contributed by atoms with Gasteiger partial charge >= 0.3 is 0 Å². The van der Waals surface area contributed by atoms with Crippen LogP contribution in [0.4, 0.5) is 5.69 Å². The SMILES string of the molecule is Cc1cc(Br)ccc1N(C)N. The molecule has 2 N–H and O–H groups in total. The van der Waals surface area contributed by atoms with E-state index in [1.54, 1.807) is 5.01 Å². The summed E-state index contributed by atoms with van der Waals surface area (Å²) in [5.74, 6) is 5.58. The maximum atomic E-state index is 5.58. The molecular weight excluding hydrogens is 204 g/mol. The third-order valence-electron chi connectivity index (χ3n) is 1.54. The third kappa shape index (κ3) is 1.94. The van der Waals surface area contributed by atoms with Crippen LogP contribution in [0.5, 0.6) is 0 Å². The highest BCUT2D eigenvalue weighted by Gasteiger charge is 1.99. The number of anilines is 1. The molecule has 0 atom stereocenters. The molecule has 0 amide bonds. The Bertz CT molecular complexity index is 258. The molecule has 11 heavy (non-hydrogen) atoms. The second kappa shape index (κ2) is 3.24. The predicted molar refractivity (Wildman–Crippen MR) is 51.5 cm³/mol. The minimum Gasteiger partial charge on any atom is -0.314 e. The van der Waals surface area contributed by atoms with Crippen molar-refractivity contribution in [3.8, 4) is 0 Å². The van der Waals surface area contributed by atoms with Crippen LogP contribution in [0.2, 0.25) is 0 Å². The zero-order chi connectivity index (χ0) is 8.43. The van der Waals surface area contributed by atoms with Gasteiger partial charge in [0.1, 0.15) is 0 Å². The van der Waals surface area contributed by atoms with Gasteiger partial charge in [-0.15, -0.1) is 0 Å². The Morgan fingerprint density at radius 3 is 2.55 bits per heavy atom. The summed E-state index contributed by atoms with van der Waals surface area (Å²) in [5, 5.41) is 1.61. The van der Waals surface area contributed by atoms with Crippen LogP contribution in [-0.4, -0.2) is 7.05 Å². The molecule has 0 bridgehead atoms. The molecule has 1 aromatic carbocycles. The summed E-state index contributed by atoms with van der Waals surface area (Å²) >= 11 is 3.39. The minimum atomic E-state index is 1.05. The number of nitrogens with zero attached hydrogens (tertiary/aromatic N) is 1. The van der Waals surface area contributed by atoms with Crippen LogP contribution < -0.4 is 10.9 Å². The van der Waals surface area contributed by atoms with Gasteiger partial charge in [-0.1, -0.05) is 15.9 Å². The van der Waals surface area contributed by atoms with Crippen molar-refractivity contribution >= 4 is 21.6 Å². The zero-order valence-electron chi connectivity index (χ0n) is 6.63. The topological polar surface area (TPSA) is 29.3 Å². The number of rotatable bonds is 1. The van der Waals surface area contributed by atoms with E-state index < -0.39 is 0 Å². The van der Waals surface area contributed by atoms with Gasteiger partial charge in [0, 0.05) is 11.5 Å². The Kier molecular flexibility index (Phi) is 2.52. The summed E-state index contributed by atoms with van der Waals surface area (Å²) < 4.78 is 1.08. The third-order valence-corrected chi connectivity index (χ3v) is 2.03. The van der Waals surface area contributed by atoms with Gasteiger partial charge in [-0.2, -0.15) is 0 Å². The van der Waals surface area contributed by atoms with Gasteiger partial charge in [0.2, 0.25) is 0 Å². The van der Waals surface area contributed by atoms with Crippen molar-refractivity contribution in [1.82, 2.24) is 0 Å². The van der Waals surface area contributed by atoms with E-state index >= 15 is 0 Å². The quantitative estimate of drug-likeness (QED) is 0.573. The van der Waals surface area contributed by atoms with Gasteiger partial charge in [0.05, 0.1) is 5.69 Å². The van der Waals surface area contributed by atoms with Gasteiger partial charge in [-0.3, -0.25) is 0 Å². The highest BCUT2D eigenvalue weighted by atomic mass is 79.9. The van der Waals surface area contributed by atoms with E-state index in [0.717, 1.165) is 10.2 Å². The molecule has 3 heteroatoms. The Balaban J connectivity index is 3.09. The van der Waals surface area contributed by atoms with Crippen molar-refractivity contribution in [3.63, 3.8) is 0 Å². The van der Waals surface area contributed by atoms with Crippen molar-refractivity contribution in [3.05, 3.63) is 28.2 Å². The first-order valence-corrected chi connectivity index (χ1v) is 4.15. The Hall–Kier alpha value is -0.540. The maximum absolute atomic E-state index is 5.58. The molecule has 0 aromatic heterocycles. The summed E-state index contributed by atoms with van der Waals surface area (Å²) in [5.41, 5.74) is 2.22. The Morgan fingerprint density at radius 1 is 1.45 bits per heavy atom. The standard InChI is InChI=1S/C8H11BrN2/c1-6-5-7(9)3-4-8(6)11(2)10/h3-5H,10H2,1-2H3. The fourth-order valence-electron chi connectivity index (χ4n) is 1.01. The summed E-state index contributed by atoms with van der Waals surface area (Å²) in [7, 11) is 1.83. The molecule has 0 spiro atoms. The zero-order valence-corrected chi connectivity index (χ0v) is 8.22. The van der Waals surface area contributed by atoms with Crippen molar-refractivity contribution in [1.29, 1.82) is 0 Å². The number of hydrogen-bond donors (Lipinski definition) is 1. The Morgan fingerprint density at radius 2 is 2.09 bits per heavy atom. The lowest BCUT2D eigenvalue weighted by Crippen LogP contribution is -2.25. The second-order valence-corrected chi connectivity index (χ2v) is 3.46. The molecule has 0 aliphatic rings. The van der Waals surface area contributed by atoms with Gasteiger partial charge in [-0.05, 0) is 30.7 Å². The molecule has 0 aliphatic carbocycles. The maximum Gasteiger partial charge on any atom is 0.0543 e. The van der Waals surface area contributed by atoms with Crippen molar-refractivity contribution in [2.75, 3.05) is 12.1 Å². The van der Waals surface area contributed by atoms with Gasteiger partial charge in [0.25, 0.3) is 0 Å². The average molecular weight is 215 g/mol. The summed E-state index contributed by atoms with van der Waals surface area (Å²) in [6.45, 7) is 2.03. The lowest BCUT2D eigenvalue weighted by atomic mass is 10.2. The van der Waals surface area contributed by atoms with E-state index in [-0.39, 0.29) is 0 Å². The normalized spacial score (nSPS) is 9.82. The first-order chi connectivity index (χ1) is 5.11. The molecule has 2 nitrogen and oxygen atoms in total. The highest BCUT2D eigenvalue weighted by Crippen LogP contribution is 2.20. The molecule has 0 saturated carbocycles. The van der Waals surface area contributed by atoms with Crippen molar-refractivity contribution < 1.29 is 0 Å². The first-order valence-electron chi connectivity index (χ1n) is 3.36. The molecule has 0 saturated heterocycles. The van der Waals surface area contributed by atoms with Crippen LogP contribution >= 0.6 is 15.9 Å². The molecule has 0 aliphatic heterocycles. The van der Waals surface area contributed by atoms with Crippen LogP contribution in [0.1, 0.15) is 5.56 Å². The molecule has 0 fully saturated rings. The van der Waals surface area contributed by atoms with E-state index in [2.05, 4.69) is 15.9 Å². The summed E-state index contributed by atoms with van der Waals surface area (Å²) in [6, 6.07) is 6.00. The number of aryl methyl sites for hydroxylation is 1. The number of benzene rings is 1. The minimum absolute atomic E-state index is 1.05. The summed E-state index contributed by atoms with van der Waals surface area (Å²) in [4.78, 5) is 0. The van der Waals surface area contributed by atoms with E-state index in [0.29, 0.717) is 0 Å². The fraction of sp³-hybridized carbons (Fsp3) is 0.250. The smallest absolute Gasteiger partial charge is 0.0543 e. The average Bonchev–Trinajstić information content (AvgIpc) is 1.85. The van der Waals surface area contributed by atoms with Gasteiger partial charge in [-0.25, -0.2) is 5.84 Å². The largest absolute Gasteiger partial charge is 0.314 e. The predicted octanol–water partition coefficient (Wildman–Crippen LogP) is 2.07. The van der Waals surface area contributed by atoms with E-state index in [1.165, 1.54) is 5.56 Å². The lowest BCUT2D eigenvalue weighted by Gasteiger charge is -2.14. The van der Waals surface area contributed by atoms with E-state index in [9.17, 15) is 0 Å². The van der Waals surface area contributed by atoms with Gasteiger partial charge < -0.3 is 5.01 Å². The number of hydrazine groups is 1. The van der Waals surface area contributed by atoms with Crippen LogP contribution in [0.25, 0.3) is 0 Å². The van der Waals surface area contributed by atoms with Crippen LogP contribution in [0.15, 0.2) is 22.7 Å². The molecular formula is C8H11BrN2. The van der Waals surface area contributed by atoms with Crippen molar-refractivity contribution in [2.24, 2.45) is 5.84 Å². The van der Waals surface area contributed by atoms with Gasteiger partial charge in [0.15, 0.2) is 0 Å². The first kappa shape index (κ1) is 8.56. The summed E-state index contributed by atoms with van der Waals surface area (Å²) in [6.07, 6.45) is 0. The van der Waals surface area contributed by atoms with E-state index in [1.807, 2.05) is 32.2 Å². The lowest BCUT2D eigenvalue weighted by molar-refractivity contribution is 1.01. The van der Waals surface area contributed by atoms with Crippen LogP contribution in [-0.2, 0) is 0 Å². The van der Waals surface area contributed by atoms with Crippen molar-refractivity contribution in [2.45, 2.75) is 6.92 Å².